The molecule has 0 spiro atoms. The molecule has 1 aromatic carbocycles. The number of hydrogen-bond donors (Lipinski definition) is 2. The summed E-state index contributed by atoms with van der Waals surface area (Å²) in [7, 11) is 4.20. The van der Waals surface area contributed by atoms with Gasteiger partial charge in [0.2, 0.25) is 5.91 Å². The normalized spacial score (nSPS) is 19.7. The second-order valence-electron chi connectivity index (χ2n) is 6.13. The van der Waals surface area contributed by atoms with E-state index in [1.807, 2.05) is 25.1 Å². The number of piperidine rings is 1. The van der Waals surface area contributed by atoms with E-state index in [0.717, 1.165) is 25.1 Å². The number of anilines is 2. The first-order chi connectivity index (χ1) is 9.95. The molecule has 1 amide bonds. The molecule has 0 bridgehead atoms. The highest BCUT2D eigenvalue weighted by atomic mass is 16.2. The van der Waals surface area contributed by atoms with E-state index in [2.05, 4.69) is 29.2 Å². The third kappa shape index (κ3) is 4.44. The van der Waals surface area contributed by atoms with Crippen LogP contribution in [0, 0.1) is 6.92 Å². The standard InChI is InChI=1S/C16H26N4O/c1-12-6-7-15(14(17)9-12)18-16(21)11-20-8-4-5-13(10-20)19(2)3/h6-7,9,13H,4-5,8,10-11,17H2,1-3H3,(H,18,21). The predicted octanol–water partition coefficient (Wildman–Crippen LogP) is 1.54. The number of hydrogen-bond acceptors (Lipinski definition) is 4. The van der Waals surface area contributed by atoms with E-state index in [-0.39, 0.29) is 5.91 Å². The van der Waals surface area contributed by atoms with Gasteiger partial charge in [0.1, 0.15) is 0 Å². The molecule has 2 rings (SSSR count). The molecule has 0 aliphatic carbocycles. The quantitative estimate of drug-likeness (QED) is 0.826. The van der Waals surface area contributed by atoms with Gasteiger partial charge in [0, 0.05) is 12.6 Å². The maximum atomic E-state index is 12.2. The number of amides is 1. The number of carbonyl (C=O) groups is 1. The van der Waals surface area contributed by atoms with E-state index in [9.17, 15) is 4.79 Å². The molecule has 3 N–H and O–H groups in total. The van der Waals surface area contributed by atoms with E-state index in [4.69, 9.17) is 5.73 Å². The molecule has 1 unspecified atom stereocenters. The minimum absolute atomic E-state index is 0.00459. The minimum Gasteiger partial charge on any atom is -0.397 e. The highest BCUT2D eigenvalue weighted by molar-refractivity contribution is 5.95. The van der Waals surface area contributed by atoms with Crippen LogP contribution in [0.1, 0.15) is 18.4 Å². The number of nitrogen functional groups attached to an aromatic ring is 1. The van der Waals surface area contributed by atoms with Crippen molar-refractivity contribution < 1.29 is 4.79 Å². The lowest BCUT2D eigenvalue weighted by molar-refractivity contribution is -0.117. The second kappa shape index (κ2) is 6.91. The number of nitrogens with two attached hydrogens (primary N) is 1. The number of likely N-dealkylation sites (tertiary alicyclic amines) is 1. The fourth-order valence-corrected chi connectivity index (χ4v) is 2.79. The van der Waals surface area contributed by atoms with Gasteiger partial charge >= 0.3 is 0 Å². The molecular formula is C16H26N4O. The number of benzene rings is 1. The van der Waals surface area contributed by atoms with Crippen molar-refractivity contribution in [3.05, 3.63) is 23.8 Å². The Morgan fingerprint density at radius 2 is 2.24 bits per heavy atom. The van der Waals surface area contributed by atoms with Crippen LogP contribution >= 0.6 is 0 Å². The number of rotatable bonds is 4. The van der Waals surface area contributed by atoms with E-state index >= 15 is 0 Å². The van der Waals surface area contributed by atoms with Crippen LogP contribution in [0.15, 0.2) is 18.2 Å². The molecule has 0 aromatic heterocycles. The maximum absolute atomic E-state index is 12.2. The summed E-state index contributed by atoms with van der Waals surface area (Å²) in [5.41, 5.74) is 8.34. The van der Waals surface area contributed by atoms with Crippen molar-refractivity contribution >= 4 is 17.3 Å². The summed E-state index contributed by atoms with van der Waals surface area (Å²) in [5.74, 6) is 0.00459. The van der Waals surface area contributed by atoms with Crippen LogP contribution < -0.4 is 11.1 Å². The van der Waals surface area contributed by atoms with Gasteiger partial charge in [-0.2, -0.15) is 0 Å². The van der Waals surface area contributed by atoms with Gasteiger partial charge in [0.05, 0.1) is 17.9 Å². The van der Waals surface area contributed by atoms with E-state index in [1.165, 1.54) is 6.42 Å². The molecule has 5 nitrogen and oxygen atoms in total. The summed E-state index contributed by atoms with van der Waals surface area (Å²) in [6, 6.07) is 6.23. The summed E-state index contributed by atoms with van der Waals surface area (Å²) in [5, 5.41) is 2.91. The molecule has 1 aliphatic rings. The molecule has 1 aromatic rings. The van der Waals surface area contributed by atoms with Crippen LogP contribution in [0.5, 0.6) is 0 Å². The van der Waals surface area contributed by atoms with Crippen LogP contribution in [0.4, 0.5) is 11.4 Å². The monoisotopic (exact) mass is 290 g/mol. The molecule has 116 valence electrons. The number of carbonyl (C=O) groups excluding carboxylic acids is 1. The van der Waals surface area contributed by atoms with Crippen LogP contribution in [0.3, 0.4) is 0 Å². The molecule has 1 heterocycles. The van der Waals surface area contributed by atoms with Crippen LogP contribution in [0.2, 0.25) is 0 Å². The van der Waals surface area contributed by atoms with Gasteiger partial charge in [-0.05, 0) is 58.1 Å². The van der Waals surface area contributed by atoms with Gasteiger partial charge in [0.25, 0.3) is 0 Å². The summed E-state index contributed by atoms with van der Waals surface area (Å²) in [6.45, 7) is 4.35. The Balaban J connectivity index is 1.89. The first-order valence-electron chi connectivity index (χ1n) is 7.50. The lowest BCUT2D eigenvalue weighted by Crippen LogP contribution is -2.47. The van der Waals surface area contributed by atoms with Crippen molar-refractivity contribution in [2.75, 3.05) is 44.8 Å². The van der Waals surface area contributed by atoms with Gasteiger partial charge in [-0.3, -0.25) is 9.69 Å². The van der Waals surface area contributed by atoms with Gasteiger partial charge in [-0.15, -0.1) is 0 Å². The van der Waals surface area contributed by atoms with Gasteiger partial charge in [0.15, 0.2) is 0 Å². The Morgan fingerprint density at radius 3 is 2.90 bits per heavy atom. The molecule has 0 radical (unpaired) electrons. The van der Waals surface area contributed by atoms with Crippen LogP contribution in [-0.2, 0) is 4.79 Å². The van der Waals surface area contributed by atoms with Gasteiger partial charge in [-0.25, -0.2) is 0 Å². The lowest BCUT2D eigenvalue weighted by Gasteiger charge is -2.35. The number of aryl methyl sites for hydroxylation is 1. The Hall–Kier alpha value is -1.59. The zero-order chi connectivity index (χ0) is 15.4. The largest absolute Gasteiger partial charge is 0.397 e. The predicted molar refractivity (Wildman–Crippen MR) is 87.4 cm³/mol. The number of nitrogens with one attached hydrogen (secondary N) is 1. The highest BCUT2D eigenvalue weighted by Gasteiger charge is 2.22. The van der Waals surface area contributed by atoms with Crippen molar-refractivity contribution in [1.82, 2.24) is 9.80 Å². The Labute approximate surface area is 127 Å². The van der Waals surface area contributed by atoms with Crippen molar-refractivity contribution in [2.45, 2.75) is 25.8 Å². The van der Waals surface area contributed by atoms with E-state index in [1.54, 1.807) is 0 Å². The summed E-state index contributed by atoms with van der Waals surface area (Å²) >= 11 is 0. The molecule has 21 heavy (non-hydrogen) atoms. The molecular weight excluding hydrogens is 264 g/mol. The SMILES string of the molecule is Cc1ccc(NC(=O)CN2CCCC(N(C)C)C2)c(N)c1. The molecule has 1 saturated heterocycles. The average Bonchev–Trinajstić information content (AvgIpc) is 2.42. The number of nitrogens with zero attached hydrogens (tertiary/aromatic N) is 2. The molecule has 0 saturated carbocycles. The van der Waals surface area contributed by atoms with Crippen molar-refractivity contribution in [1.29, 1.82) is 0 Å². The van der Waals surface area contributed by atoms with Crippen LogP contribution in [-0.4, -0.2) is 55.5 Å². The first kappa shape index (κ1) is 15.8. The highest BCUT2D eigenvalue weighted by Crippen LogP contribution is 2.19. The molecule has 1 fully saturated rings. The maximum Gasteiger partial charge on any atom is 0.238 e. The molecule has 1 aliphatic heterocycles. The first-order valence-corrected chi connectivity index (χ1v) is 7.50. The van der Waals surface area contributed by atoms with Crippen molar-refractivity contribution in [3.8, 4) is 0 Å². The Morgan fingerprint density at radius 1 is 1.48 bits per heavy atom. The third-order valence-corrected chi connectivity index (χ3v) is 4.06. The average molecular weight is 290 g/mol. The van der Waals surface area contributed by atoms with Crippen molar-refractivity contribution in [2.24, 2.45) is 0 Å². The smallest absolute Gasteiger partial charge is 0.238 e. The van der Waals surface area contributed by atoms with Crippen LogP contribution in [0.25, 0.3) is 0 Å². The van der Waals surface area contributed by atoms with E-state index < -0.39 is 0 Å². The zero-order valence-electron chi connectivity index (χ0n) is 13.2. The van der Waals surface area contributed by atoms with E-state index in [0.29, 0.717) is 24.0 Å². The Kier molecular flexibility index (Phi) is 5.20. The lowest BCUT2D eigenvalue weighted by atomic mass is 10.1. The summed E-state index contributed by atoms with van der Waals surface area (Å²) in [4.78, 5) is 16.6. The molecule has 5 heteroatoms. The second-order valence-corrected chi connectivity index (χ2v) is 6.13. The number of likely N-dealkylation sites (N-methyl/N-ethyl adjacent to an activating group) is 1. The molecule has 1 atom stereocenters. The summed E-state index contributed by atoms with van der Waals surface area (Å²) < 4.78 is 0. The zero-order valence-corrected chi connectivity index (χ0v) is 13.2. The summed E-state index contributed by atoms with van der Waals surface area (Å²) in [6.07, 6.45) is 2.35. The minimum atomic E-state index is 0.00459. The Bertz CT molecular complexity index is 501. The van der Waals surface area contributed by atoms with Gasteiger partial charge in [-0.1, -0.05) is 6.07 Å². The fourth-order valence-electron chi connectivity index (χ4n) is 2.79. The topological polar surface area (TPSA) is 61.6 Å². The van der Waals surface area contributed by atoms with Crippen molar-refractivity contribution in [3.63, 3.8) is 0 Å². The third-order valence-electron chi connectivity index (χ3n) is 4.06. The van der Waals surface area contributed by atoms with Gasteiger partial charge < -0.3 is 16.0 Å². The fraction of sp³-hybridized carbons (Fsp3) is 0.562.